The maximum atomic E-state index is 12.2. The first-order valence-electron chi connectivity index (χ1n) is 7.49. The van der Waals surface area contributed by atoms with Crippen LogP contribution < -0.4 is 5.32 Å². The highest BCUT2D eigenvalue weighted by molar-refractivity contribution is 9.10. The molecule has 12 nitrogen and oxygen atoms in total. The minimum Gasteiger partial charge on any atom is -0.506 e. The molecule has 0 radical (unpaired) electrons. The van der Waals surface area contributed by atoms with Gasteiger partial charge in [0, 0.05) is 6.07 Å². The van der Waals surface area contributed by atoms with E-state index in [1.165, 1.54) is 29.1 Å². The van der Waals surface area contributed by atoms with Crippen molar-refractivity contribution in [1.82, 2.24) is 9.78 Å². The minimum atomic E-state index is -0.692. The fourth-order valence-electron chi connectivity index (χ4n) is 2.26. The van der Waals surface area contributed by atoms with Crippen LogP contribution in [0.1, 0.15) is 16.3 Å². The first-order valence-corrected chi connectivity index (χ1v) is 8.28. The molecule has 0 unspecified atom stereocenters. The van der Waals surface area contributed by atoms with Crippen molar-refractivity contribution in [3.05, 3.63) is 72.8 Å². The van der Waals surface area contributed by atoms with E-state index in [-0.39, 0.29) is 34.0 Å². The predicted molar refractivity (Wildman–Crippen MR) is 97.1 cm³/mol. The highest BCUT2D eigenvalue weighted by Crippen LogP contribution is 2.28. The molecule has 2 heterocycles. The first kappa shape index (κ1) is 19.0. The van der Waals surface area contributed by atoms with Gasteiger partial charge in [0.2, 0.25) is 0 Å². The van der Waals surface area contributed by atoms with Crippen LogP contribution in [0.3, 0.4) is 0 Å². The molecule has 2 N–H and O–H groups in total. The number of rotatable bonds is 6. The molecule has 0 fully saturated rings. The largest absolute Gasteiger partial charge is 0.506 e. The van der Waals surface area contributed by atoms with E-state index in [9.17, 15) is 30.1 Å². The number of anilines is 1. The van der Waals surface area contributed by atoms with Crippen molar-refractivity contribution in [3.8, 4) is 5.75 Å². The van der Waals surface area contributed by atoms with Crippen LogP contribution >= 0.6 is 15.9 Å². The molecule has 0 saturated heterocycles. The van der Waals surface area contributed by atoms with Gasteiger partial charge in [-0.2, -0.15) is 4.68 Å². The van der Waals surface area contributed by atoms with Gasteiger partial charge in [-0.1, -0.05) is 0 Å². The van der Waals surface area contributed by atoms with Gasteiger partial charge < -0.3 is 25.0 Å². The summed E-state index contributed by atoms with van der Waals surface area (Å²) in [6.45, 7) is 0.0441. The van der Waals surface area contributed by atoms with Crippen molar-refractivity contribution in [1.29, 1.82) is 0 Å². The molecular weight excluding hydrogens is 442 g/mol. The second kappa shape index (κ2) is 7.48. The second-order valence-electron chi connectivity index (χ2n) is 5.43. The number of hydrogen-bond acceptors (Lipinski definition) is 8. The SMILES string of the molecule is O=C(Nc1ccc([N+](=O)[O-])cc1O)c1ccc(Cn2cc(Br)c([N+](=O)[O-])n2)o1. The Balaban J connectivity index is 1.71. The van der Waals surface area contributed by atoms with Crippen molar-refractivity contribution in [2.75, 3.05) is 5.32 Å². The molecule has 0 saturated carbocycles. The number of hydrogen-bond donors (Lipinski definition) is 2. The maximum Gasteiger partial charge on any atom is 0.404 e. The van der Waals surface area contributed by atoms with Crippen molar-refractivity contribution < 1.29 is 24.2 Å². The highest BCUT2D eigenvalue weighted by atomic mass is 79.9. The van der Waals surface area contributed by atoms with Gasteiger partial charge >= 0.3 is 5.82 Å². The number of phenolic OH excluding ortho intramolecular Hbond substituents is 1. The Kier molecular flexibility index (Phi) is 5.08. The van der Waals surface area contributed by atoms with Gasteiger partial charge in [0.1, 0.15) is 22.5 Å². The molecule has 1 amide bonds. The fourth-order valence-corrected chi connectivity index (χ4v) is 2.72. The Hall–Kier alpha value is -3.74. The van der Waals surface area contributed by atoms with Crippen LogP contribution in [0.5, 0.6) is 5.75 Å². The molecule has 0 bridgehead atoms. The number of nitro groups is 2. The van der Waals surface area contributed by atoms with E-state index in [1.54, 1.807) is 0 Å². The lowest BCUT2D eigenvalue weighted by Gasteiger charge is -2.05. The number of phenols is 1. The third-order valence-corrected chi connectivity index (χ3v) is 4.08. The summed E-state index contributed by atoms with van der Waals surface area (Å²) in [6.07, 6.45) is 1.40. The zero-order valence-corrected chi connectivity index (χ0v) is 15.3. The minimum absolute atomic E-state index is 0.0276. The van der Waals surface area contributed by atoms with E-state index in [1.807, 2.05) is 0 Å². The van der Waals surface area contributed by atoms with E-state index in [0.29, 0.717) is 5.76 Å². The molecule has 0 aliphatic rings. The summed E-state index contributed by atoms with van der Waals surface area (Å²) in [7, 11) is 0. The summed E-state index contributed by atoms with van der Waals surface area (Å²) in [5.74, 6) is -1.29. The molecule has 1 aromatic carbocycles. The monoisotopic (exact) mass is 451 g/mol. The standard InChI is InChI=1S/C15H10BrN5O7/c16-10-7-19(18-14(10)21(26)27)6-9-2-4-13(28-9)15(23)17-11-3-1-8(20(24)25)5-12(11)22/h1-5,7,22H,6H2,(H,17,23). The first-order chi connectivity index (χ1) is 13.2. The highest BCUT2D eigenvalue weighted by Gasteiger charge is 2.20. The smallest absolute Gasteiger partial charge is 0.404 e. The second-order valence-corrected chi connectivity index (χ2v) is 6.29. The van der Waals surface area contributed by atoms with Crippen LogP contribution in [0, 0.1) is 20.2 Å². The van der Waals surface area contributed by atoms with Crippen LogP contribution in [0.2, 0.25) is 0 Å². The van der Waals surface area contributed by atoms with Crippen LogP contribution in [-0.2, 0) is 6.54 Å². The van der Waals surface area contributed by atoms with Gasteiger partial charge in [-0.3, -0.25) is 14.9 Å². The summed E-state index contributed by atoms with van der Waals surface area (Å²) in [5.41, 5.74) is -0.351. The molecule has 2 aromatic heterocycles. The number of furan rings is 1. The van der Waals surface area contributed by atoms with E-state index in [0.717, 1.165) is 12.1 Å². The summed E-state index contributed by atoms with van der Waals surface area (Å²) >= 11 is 3.03. The van der Waals surface area contributed by atoms with E-state index in [4.69, 9.17) is 4.42 Å². The van der Waals surface area contributed by atoms with E-state index < -0.39 is 21.5 Å². The van der Waals surface area contributed by atoms with Crippen LogP contribution in [-0.4, -0.2) is 30.6 Å². The number of amides is 1. The number of carbonyl (C=O) groups excluding carboxylic acids is 1. The Bertz CT molecular complexity index is 1090. The quantitative estimate of drug-likeness (QED) is 0.327. The van der Waals surface area contributed by atoms with E-state index in [2.05, 4.69) is 26.3 Å². The number of nitro benzene ring substituents is 1. The predicted octanol–water partition coefficient (Wildman–Crippen LogP) is 3.06. The lowest BCUT2D eigenvalue weighted by Crippen LogP contribution is -2.11. The van der Waals surface area contributed by atoms with Gasteiger partial charge in [0.15, 0.2) is 5.76 Å². The number of carbonyl (C=O) groups is 1. The van der Waals surface area contributed by atoms with Crippen LogP contribution in [0.15, 0.2) is 45.4 Å². The molecule has 144 valence electrons. The van der Waals surface area contributed by atoms with Gasteiger partial charge in [-0.25, -0.2) is 0 Å². The molecule has 0 aliphatic carbocycles. The van der Waals surface area contributed by atoms with E-state index >= 15 is 0 Å². The average Bonchev–Trinajstić information content (AvgIpc) is 3.23. The number of aromatic nitrogens is 2. The third-order valence-electron chi connectivity index (χ3n) is 3.52. The summed E-state index contributed by atoms with van der Waals surface area (Å²) in [4.78, 5) is 32.4. The fraction of sp³-hybridized carbons (Fsp3) is 0.0667. The van der Waals surface area contributed by atoms with Gasteiger partial charge in [0.05, 0.1) is 28.0 Å². The zero-order valence-electron chi connectivity index (χ0n) is 13.7. The molecule has 13 heteroatoms. The summed E-state index contributed by atoms with van der Waals surface area (Å²) < 4.78 is 6.86. The molecule has 3 aromatic rings. The van der Waals surface area contributed by atoms with Crippen molar-refractivity contribution in [2.24, 2.45) is 0 Å². The Labute approximate surface area is 163 Å². The Morgan fingerprint density at radius 2 is 2.00 bits per heavy atom. The normalized spacial score (nSPS) is 10.6. The van der Waals surface area contributed by atoms with Gasteiger partial charge in [-0.15, -0.1) is 0 Å². The Morgan fingerprint density at radius 3 is 2.61 bits per heavy atom. The molecular formula is C15H10BrN5O7. The molecule has 28 heavy (non-hydrogen) atoms. The molecule has 0 atom stereocenters. The number of nitrogens with one attached hydrogen (secondary N) is 1. The van der Waals surface area contributed by atoms with Gasteiger partial charge in [-0.05, 0) is 39.1 Å². The molecule has 3 rings (SSSR count). The lowest BCUT2D eigenvalue weighted by molar-refractivity contribution is -0.390. The number of nitrogens with zero attached hydrogens (tertiary/aromatic N) is 4. The Morgan fingerprint density at radius 1 is 1.25 bits per heavy atom. The van der Waals surface area contributed by atoms with Crippen molar-refractivity contribution in [3.63, 3.8) is 0 Å². The summed E-state index contributed by atoms with van der Waals surface area (Å²) in [6, 6.07) is 6.10. The van der Waals surface area contributed by atoms with Crippen molar-refractivity contribution in [2.45, 2.75) is 6.54 Å². The lowest BCUT2D eigenvalue weighted by atomic mass is 10.2. The average molecular weight is 452 g/mol. The topological polar surface area (TPSA) is 167 Å². The number of non-ortho nitro benzene ring substituents is 1. The summed E-state index contributed by atoms with van der Waals surface area (Å²) in [5, 5.41) is 37.4. The van der Waals surface area contributed by atoms with Crippen LogP contribution in [0.4, 0.5) is 17.2 Å². The zero-order chi connectivity index (χ0) is 20.4. The number of benzene rings is 1. The van der Waals surface area contributed by atoms with Crippen LogP contribution in [0.25, 0.3) is 0 Å². The maximum absolute atomic E-state index is 12.2. The van der Waals surface area contributed by atoms with Crippen molar-refractivity contribution >= 4 is 39.0 Å². The third kappa shape index (κ3) is 3.98. The number of halogens is 1. The molecule has 0 aliphatic heterocycles. The molecule has 0 spiro atoms. The van der Waals surface area contributed by atoms with Gasteiger partial charge in [0.25, 0.3) is 11.6 Å². The number of aromatic hydroxyl groups is 1.